The molecule has 0 aliphatic carbocycles. The van der Waals surface area contributed by atoms with Crippen LogP contribution in [-0.2, 0) is 6.54 Å². The minimum Gasteiger partial charge on any atom is -0.308 e. The lowest BCUT2D eigenvalue weighted by Crippen LogP contribution is -2.32. The van der Waals surface area contributed by atoms with Gasteiger partial charge in [0, 0.05) is 18.8 Å². The topological polar surface area (TPSA) is 24.9 Å². The minimum absolute atomic E-state index is 0.568. The highest BCUT2D eigenvalue weighted by molar-refractivity contribution is 5.12. The molecule has 1 atom stereocenters. The first-order valence-electron chi connectivity index (χ1n) is 6.32. The van der Waals surface area contributed by atoms with E-state index in [1.54, 1.807) is 0 Å². The van der Waals surface area contributed by atoms with Gasteiger partial charge in [0.25, 0.3) is 0 Å². The second-order valence-electron chi connectivity index (χ2n) is 4.57. The predicted octanol–water partition coefficient (Wildman–Crippen LogP) is 3.30. The van der Waals surface area contributed by atoms with Crippen molar-refractivity contribution in [3.05, 3.63) is 29.6 Å². The molecule has 16 heavy (non-hydrogen) atoms. The Morgan fingerprint density at radius 1 is 1.25 bits per heavy atom. The van der Waals surface area contributed by atoms with Crippen LogP contribution in [0.15, 0.2) is 18.3 Å². The average Bonchev–Trinajstić information content (AvgIpc) is 2.30. The Bertz CT molecular complexity index is 288. The lowest BCUT2D eigenvalue weighted by Gasteiger charge is -2.22. The van der Waals surface area contributed by atoms with Crippen LogP contribution in [0, 0.1) is 12.8 Å². The van der Waals surface area contributed by atoms with Crippen LogP contribution in [0.25, 0.3) is 0 Å². The Morgan fingerprint density at radius 3 is 2.44 bits per heavy atom. The van der Waals surface area contributed by atoms with Gasteiger partial charge in [0.2, 0.25) is 0 Å². The molecule has 1 rings (SSSR count). The molecule has 0 radical (unpaired) electrons. The van der Waals surface area contributed by atoms with E-state index in [1.165, 1.54) is 18.4 Å². The molecule has 1 N–H and O–H groups in total. The minimum atomic E-state index is 0.568. The summed E-state index contributed by atoms with van der Waals surface area (Å²) in [5, 5.41) is 3.56. The van der Waals surface area contributed by atoms with Crippen molar-refractivity contribution < 1.29 is 0 Å². The van der Waals surface area contributed by atoms with Crippen molar-refractivity contribution in [3.8, 4) is 0 Å². The second kappa shape index (κ2) is 6.64. The fourth-order valence-electron chi connectivity index (χ4n) is 2.03. The molecule has 1 heterocycles. The zero-order chi connectivity index (χ0) is 12.0. The van der Waals surface area contributed by atoms with Gasteiger partial charge in [-0.1, -0.05) is 32.8 Å². The fraction of sp³-hybridized carbons (Fsp3) is 0.643. The maximum absolute atomic E-state index is 4.40. The molecule has 2 nitrogen and oxygen atoms in total. The van der Waals surface area contributed by atoms with E-state index in [-0.39, 0.29) is 0 Å². The molecular formula is C14H24N2. The summed E-state index contributed by atoms with van der Waals surface area (Å²) in [6.07, 6.45) is 4.41. The van der Waals surface area contributed by atoms with E-state index >= 15 is 0 Å². The summed E-state index contributed by atoms with van der Waals surface area (Å²) in [5.74, 6) is 0.769. The van der Waals surface area contributed by atoms with Crippen LogP contribution in [0.1, 0.15) is 44.9 Å². The van der Waals surface area contributed by atoms with E-state index in [1.807, 2.05) is 6.20 Å². The van der Waals surface area contributed by atoms with Crippen LogP contribution in [-0.4, -0.2) is 11.0 Å². The first-order chi connectivity index (χ1) is 7.67. The maximum atomic E-state index is 4.40. The maximum Gasteiger partial charge on any atom is 0.0541 e. The number of hydrogen-bond donors (Lipinski definition) is 1. The monoisotopic (exact) mass is 220 g/mol. The van der Waals surface area contributed by atoms with Crippen molar-refractivity contribution in [2.75, 3.05) is 0 Å². The van der Waals surface area contributed by atoms with Crippen LogP contribution in [0.3, 0.4) is 0 Å². The summed E-state index contributed by atoms with van der Waals surface area (Å²) in [6.45, 7) is 9.73. The van der Waals surface area contributed by atoms with Gasteiger partial charge >= 0.3 is 0 Å². The molecule has 0 bridgehead atoms. The van der Waals surface area contributed by atoms with Crippen LogP contribution < -0.4 is 5.32 Å². The highest BCUT2D eigenvalue weighted by atomic mass is 14.9. The number of aromatic nitrogens is 1. The lowest BCUT2D eigenvalue weighted by molar-refractivity contribution is 0.352. The molecule has 1 unspecified atom stereocenters. The molecular weight excluding hydrogens is 196 g/mol. The van der Waals surface area contributed by atoms with E-state index in [0.717, 1.165) is 18.2 Å². The van der Waals surface area contributed by atoms with Crippen molar-refractivity contribution in [3.63, 3.8) is 0 Å². The Morgan fingerprint density at radius 2 is 1.94 bits per heavy atom. The third-order valence-corrected chi connectivity index (χ3v) is 3.33. The largest absolute Gasteiger partial charge is 0.308 e. The van der Waals surface area contributed by atoms with E-state index in [0.29, 0.717) is 6.04 Å². The Labute approximate surface area is 99.5 Å². The van der Waals surface area contributed by atoms with Gasteiger partial charge in [-0.05, 0) is 31.4 Å². The highest BCUT2D eigenvalue weighted by Gasteiger charge is 2.12. The lowest BCUT2D eigenvalue weighted by atomic mass is 9.95. The van der Waals surface area contributed by atoms with Gasteiger partial charge in [-0.3, -0.25) is 4.98 Å². The van der Waals surface area contributed by atoms with E-state index in [2.05, 4.69) is 50.1 Å². The number of nitrogens with one attached hydrogen (secondary N) is 1. The average molecular weight is 220 g/mol. The summed E-state index contributed by atoms with van der Waals surface area (Å²) in [6, 6.07) is 4.78. The van der Waals surface area contributed by atoms with Crippen molar-refractivity contribution in [1.82, 2.24) is 10.3 Å². The first kappa shape index (κ1) is 13.2. The van der Waals surface area contributed by atoms with Crippen LogP contribution in [0.2, 0.25) is 0 Å². The zero-order valence-corrected chi connectivity index (χ0v) is 11.0. The molecule has 2 heteroatoms. The number of pyridine rings is 1. The number of rotatable bonds is 6. The van der Waals surface area contributed by atoms with Gasteiger partial charge in [0.05, 0.1) is 5.69 Å². The van der Waals surface area contributed by atoms with Crippen molar-refractivity contribution in [2.24, 2.45) is 5.92 Å². The van der Waals surface area contributed by atoms with E-state index < -0.39 is 0 Å². The molecule has 0 aliphatic rings. The van der Waals surface area contributed by atoms with Crippen molar-refractivity contribution in [1.29, 1.82) is 0 Å². The molecule has 0 saturated heterocycles. The molecule has 1 aromatic heterocycles. The molecule has 0 spiro atoms. The third kappa shape index (κ3) is 3.93. The summed E-state index contributed by atoms with van der Waals surface area (Å²) in [7, 11) is 0. The molecule has 0 saturated carbocycles. The normalized spacial score (nSPS) is 13.1. The van der Waals surface area contributed by atoms with Crippen LogP contribution in [0.4, 0.5) is 0 Å². The van der Waals surface area contributed by atoms with Gasteiger partial charge in [0.15, 0.2) is 0 Å². The van der Waals surface area contributed by atoms with Crippen molar-refractivity contribution >= 4 is 0 Å². The zero-order valence-electron chi connectivity index (χ0n) is 11.0. The summed E-state index contributed by atoms with van der Waals surface area (Å²) >= 11 is 0. The number of nitrogens with zero attached hydrogens (tertiary/aromatic N) is 1. The summed E-state index contributed by atoms with van der Waals surface area (Å²) in [4.78, 5) is 4.40. The third-order valence-electron chi connectivity index (χ3n) is 3.33. The van der Waals surface area contributed by atoms with Crippen LogP contribution in [0.5, 0.6) is 0 Å². The number of aryl methyl sites for hydroxylation is 1. The quantitative estimate of drug-likeness (QED) is 0.795. The fourth-order valence-corrected chi connectivity index (χ4v) is 2.03. The summed E-state index contributed by atoms with van der Waals surface area (Å²) < 4.78 is 0. The highest BCUT2D eigenvalue weighted by Crippen LogP contribution is 2.12. The first-order valence-corrected chi connectivity index (χ1v) is 6.32. The Kier molecular flexibility index (Phi) is 5.47. The molecule has 0 amide bonds. The van der Waals surface area contributed by atoms with Gasteiger partial charge in [-0.25, -0.2) is 0 Å². The molecule has 90 valence electrons. The summed E-state index contributed by atoms with van der Waals surface area (Å²) in [5.41, 5.74) is 2.35. The van der Waals surface area contributed by atoms with Gasteiger partial charge in [-0.15, -0.1) is 0 Å². The van der Waals surface area contributed by atoms with Gasteiger partial charge in [0.1, 0.15) is 0 Å². The van der Waals surface area contributed by atoms with E-state index in [4.69, 9.17) is 0 Å². The van der Waals surface area contributed by atoms with Gasteiger partial charge < -0.3 is 5.32 Å². The Hall–Kier alpha value is -0.890. The second-order valence-corrected chi connectivity index (χ2v) is 4.57. The molecule has 0 fully saturated rings. The smallest absolute Gasteiger partial charge is 0.0541 e. The number of hydrogen-bond acceptors (Lipinski definition) is 2. The van der Waals surface area contributed by atoms with Gasteiger partial charge in [-0.2, -0.15) is 0 Å². The predicted molar refractivity (Wildman–Crippen MR) is 69.3 cm³/mol. The van der Waals surface area contributed by atoms with E-state index in [9.17, 15) is 0 Å². The molecule has 0 aromatic carbocycles. The van der Waals surface area contributed by atoms with Crippen molar-refractivity contribution in [2.45, 2.75) is 53.1 Å². The SMILES string of the molecule is CCC(CC)C(C)NCc1ccc(C)cn1. The van der Waals surface area contributed by atoms with Crippen LogP contribution >= 0.6 is 0 Å². The standard InChI is InChI=1S/C14H24N2/c1-5-13(6-2)12(4)15-10-14-8-7-11(3)9-16-14/h7-9,12-13,15H,5-6,10H2,1-4H3. The molecule has 0 aliphatic heterocycles. The Balaban J connectivity index is 2.42. The molecule has 1 aromatic rings.